The molecule has 0 bridgehead atoms. The van der Waals surface area contributed by atoms with Gasteiger partial charge in [0.25, 0.3) is 0 Å². The van der Waals surface area contributed by atoms with Crippen LogP contribution >= 0.6 is 0 Å². The van der Waals surface area contributed by atoms with E-state index in [-0.39, 0.29) is 11.7 Å². The van der Waals surface area contributed by atoms with Gasteiger partial charge in [0.2, 0.25) is 0 Å². The van der Waals surface area contributed by atoms with Crippen LogP contribution in [0.3, 0.4) is 0 Å². The van der Waals surface area contributed by atoms with Crippen molar-refractivity contribution < 1.29 is 9.50 Å². The van der Waals surface area contributed by atoms with Crippen molar-refractivity contribution in [2.24, 2.45) is 5.92 Å². The van der Waals surface area contributed by atoms with Crippen molar-refractivity contribution in [2.45, 2.75) is 33.3 Å². The number of halogens is 1. The van der Waals surface area contributed by atoms with E-state index in [1.54, 1.807) is 26.0 Å². The summed E-state index contributed by atoms with van der Waals surface area (Å²) in [6, 6.07) is 4.88. The normalized spacial score (nSPS) is 15.6. The molecule has 0 spiro atoms. The number of rotatable bonds is 2. The molecule has 1 atom stereocenters. The average molecular weight is 196 g/mol. The Kier molecular flexibility index (Phi) is 2.95. The summed E-state index contributed by atoms with van der Waals surface area (Å²) in [5.41, 5.74) is 0.276. The van der Waals surface area contributed by atoms with E-state index in [4.69, 9.17) is 0 Å². The molecule has 1 nitrogen and oxygen atoms in total. The molecule has 0 radical (unpaired) electrons. The van der Waals surface area contributed by atoms with E-state index in [0.717, 1.165) is 0 Å². The zero-order chi connectivity index (χ0) is 10.9. The van der Waals surface area contributed by atoms with E-state index >= 15 is 0 Å². The van der Waals surface area contributed by atoms with E-state index in [9.17, 15) is 9.50 Å². The fourth-order valence-corrected chi connectivity index (χ4v) is 1.24. The molecule has 0 heterocycles. The number of hydrogen-bond donors (Lipinski definition) is 1. The van der Waals surface area contributed by atoms with E-state index in [1.807, 2.05) is 13.8 Å². The van der Waals surface area contributed by atoms with Crippen LogP contribution in [0.1, 0.15) is 31.9 Å². The molecule has 0 fully saturated rings. The molecule has 1 unspecified atom stereocenters. The Morgan fingerprint density at radius 2 is 1.93 bits per heavy atom. The Bertz CT molecular complexity index is 329. The van der Waals surface area contributed by atoms with Gasteiger partial charge in [0.15, 0.2) is 0 Å². The highest BCUT2D eigenvalue weighted by molar-refractivity contribution is 5.27. The number of aryl methyl sites for hydroxylation is 1. The van der Waals surface area contributed by atoms with Crippen molar-refractivity contribution in [3.63, 3.8) is 0 Å². The molecule has 0 saturated heterocycles. The molecule has 0 saturated carbocycles. The van der Waals surface area contributed by atoms with Crippen LogP contribution in [0.15, 0.2) is 18.2 Å². The van der Waals surface area contributed by atoms with Gasteiger partial charge < -0.3 is 5.11 Å². The number of hydrogen-bond acceptors (Lipinski definition) is 1. The average Bonchev–Trinajstić information content (AvgIpc) is 2.09. The van der Waals surface area contributed by atoms with Crippen LogP contribution in [0.4, 0.5) is 4.39 Å². The first-order chi connectivity index (χ1) is 6.35. The van der Waals surface area contributed by atoms with Gasteiger partial charge in [-0.3, -0.25) is 0 Å². The SMILES string of the molecule is Cc1ccc(C(C)(O)C(C)C)cc1F. The lowest BCUT2D eigenvalue weighted by atomic mass is 9.85. The van der Waals surface area contributed by atoms with E-state index in [1.165, 1.54) is 6.07 Å². The van der Waals surface area contributed by atoms with Gasteiger partial charge in [-0.2, -0.15) is 0 Å². The Morgan fingerprint density at radius 1 is 1.36 bits per heavy atom. The smallest absolute Gasteiger partial charge is 0.126 e. The Balaban J connectivity index is 3.14. The minimum atomic E-state index is -0.964. The minimum absolute atomic E-state index is 0.0598. The van der Waals surface area contributed by atoms with E-state index < -0.39 is 5.60 Å². The van der Waals surface area contributed by atoms with Crippen LogP contribution in [-0.2, 0) is 5.60 Å². The van der Waals surface area contributed by atoms with Gasteiger partial charge >= 0.3 is 0 Å². The quantitative estimate of drug-likeness (QED) is 0.771. The molecular formula is C12H17FO. The van der Waals surface area contributed by atoms with Crippen molar-refractivity contribution in [1.82, 2.24) is 0 Å². The summed E-state index contributed by atoms with van der Waals surface area (Å²) in [4.78, 5) is 0. The summed E-state index contributed by atoms with van der Waals surface area (Å²) in [7, 11) is 0. The van der Waals surface area contributed by atoms with Crippen molar-refractivity contribution in [2.75, 3.05) is 0 Å². The third kappa shape index (κ3) is 1.95. The molecule has 0 aliphatic heterocycles. The topological polar surface area (TPSA) is 20.2 Å². The highest BCUT2D eigenvalue weighted by Crippen LogP contribution is 2.29. The predicted molar refractivity (Wildman–Crippen MR) is 55.5 cm³/mol. The van der Waals surface area contributed by atoms with Gasteiger partial charge in [0, 0.05) is 0 Å². The zero-order valence-electron chi connectivity index (χ0n) is 9.13. The van der Waals surface area contributed by atoms with Crippen molar-refractivity contribution in [1.29, 1.82) is 0 Å². The Labute approximate surface area is 84.6 Å². The molecule has 2 heteroatoms. The molecule has 78 valence electrons. The van der Waals surface area contributed by atoms with Crippen LogP contribution in [0.2, 0.25) is 0 Å². The molecule has 1 rings (SSSR count). The number of benzene rings is 1. The molecule has 0 aliphatic carbocycles. The molecule has 14 heavy (non-hydrogen) atoms. The second-order valence-electron chi connectivity index (χ2n) is 4.27. The van der Waals surface area contributed by atoms with Gasteiger partial charge in [0.1, 0.15) is 5.82 Å². The van der Waals surface area contributed by atoms with Crippen molar-refractivity contribution >= 4 is 0 Å². The maximum atomic E-state index is 13.3. The lowest BCUT2D eigenvalue weighted by Crippen LogP contribution is -2.28. The summed E-state index contributed by atoms with van der Waals surface area (Å²) in [5.74, 6) is -0.201. The molecule has 0 amide bonds. The van der Waals surface area contributed by atoms with Gasteiger partial charge in [-0.1, -0.05) is 26.0 Å². The van der Waals surface area contributed by atoms with Gasteiger partial charge in [-0.25, -0.2) is 4.39 Å². The summed E-state index contributed by atoms with van der Waals surface area (Å²) in [6.07, 6.45) is 0. The van der Waals surface area contributed by atoms with Crippen LogP contribution in [0.5, 0.6) is 0 Å². The highest BCUT2D eigenvalue weighted by atomic mass is 19.1. The van der Waals surface area contributed by atoms with Crippen LogP contribution in [0, 0.1) is 18.7 Å². The molecular weight excluding hydrogens is 179 g/mol. The summed E-state index contributed by atoms with van der Waals surface area (Å²) < 4.78 is 13.3. The largest absolute Gasteiger partial charge is 0.385 e. The zero-order valence-corrected chi connectivity index (χ0v) is 9.13. The second kappa shape index (κ2) is 3.70. The maximum absolute atomic E-state index is 13.3. The van der Waals surface area contributed by atoms with Gasteiger partial charge in [-0.05, 0) is 37.0 Å². The van der Waals surface area contributed by atoms with Crippen LogP contribution in [0.25, 0.3) is 0 Å². The van der Waals surface area contributed by atoms with Crippen molar-refractivity contribution in [3.05, 3.63) is 35.1 Å². The summed E-state index contributed by atoms with van der Waals surface area (Å²) in [6.45, 7) is 7.25. The van der Waals surface area contributed by atoms with E-state index in [2.05, 4.69) is 0 Å². The summed E-state index contributed by atoms with van der Waals surface area (Å²) in [5, 5.41) is 10.1. The fourth-order valence-electron chi connectivity index (χ4n) is 1.24. The third-order valence-corrected chi connectivity index (χ3v) is 2.88. The molecule has 1 aromatic rings. The lowest BCUT2D eigenvalue weighted by Gasteiger charge is -2.28. The molecule has 1 N–H and O–H groups in total. The lowest BCUT2D eigenvalue weighted by molar-refractivity contribution is 0.00876. The first-order valence-corrected chi connectivity index (χ1v) is 4.84. The maximum Gasteiger partial charge on any atom is 0.126 e. The minimum Gasteiger partial charge on any atom is -0.385 e. The van der Waals surface area contributed by atoms with Crippen LogP contribution < -0.4 is 0 Å². The van der Waals surface area contributed by atoms with Gasteiger partial charge in [0.05, 0.1) is 5.60 Å². The first-order valence-electron chi connectivity index (χ1n) is 4.84. The van der Waals surface area contributed by atoms with E-state index in [0.29, 0.717) is 11.1 Å². The number of aliphatic hydroxyl groups is 1. The molecule has 1 aromatic carbocycles. The Hall–Kier alpha value is -0.890. The van der Waals surface area contributed by atoms with Gasteiger partial charge in [-0.15, -0.1) is 0 Å². The standard InChI is InChI=1S/C12H17FO/c1-8(2)12(4,14)10-6-5-9(3)11(13)7-10/h5-8,14H,1-4H3. The second-order valence-corrected chi connectivity index (χ2v) is 4.27. The summed E-state index contributed by atoms with van der Waals surface area (Å²) >= 11 is 0. The Morgan fingerprint density at radius 3 is 2.36 bits per heavy atom. The fraction of sp³-hybridized carbons (Fsp3) is 0.500. The molecule has 0 aliphatic rings. The molecule has 0 aromatic heterocycles. The predicted octanol–water partition coefficient (Wildman–Crippen LogP) is 3.00. The third-order valence-electron chi connectivity index (χ3n) is 2.88. The monoisotopic (exact) mass is 196 g/mol. The van der Waals surface area contributed by atoms with Crippen molar-refractivity contribution in [3.8, 4) is 0 Å². The first kappa shape index (κ1) is 11.2. The highest BCUT2D eigenvalue weighted by Gasteiger charge is 2.27. The van der Waals surface area contributed by atoms with Crippen LogP contribution in [-0.4, -0.2) is 5.11 Å².